The second-order valence-corrected chi connectivity index (χ2v) is 2.85. The van der Waals surface area contributed by atoms with Crippen LogP contribution in [0.4, 0.5) is 0 Å². The Hall–Kier alpha value is -1.81. The van der Waals surface area contributed by atoms with Crippen molar-refractivity contribution in [2.24, 2.45) is 0 Å². The maximum atomic E-state index is 9.87. The van der Waals surface area contributed by atoms with Crippen LogP contribution in [-0.2, 0) is 0 Å². The van der Waals surface area contributed by atoms with E-state index >= 15 is 0 Å². The van der Waals surface area contributed by atoms with Crippen LogP contribution in [0.25, 0.3) is 0 Å². The molecule has 5 heteroatoms. The van der Waals surface area contributed by atoms with Gasteiger partial charge in [0.05, 0.1) is 11.3 Å². The van der Waals surface area contributed by atoms with Crippen LogP contribution in [0, 0.1) is 0 Å². The summed E-state index contributed by atoms with van der Waals surface area (Å²) in [6.45, 7) is 0. The van der Waals surface area contributed by atoms with Gasteiger partial charge >= 0.3 is 0 Å². The summed E-state index contributed by atoms with van der Waals surface area (Å²) in [5.74, 6) is 0.634. The summed E-state index contributed by atoms with van der Waals surface area (Å²) in [5.41, 5.74) is 0. The molecule has 0 aliphatic rings. The Bertz CT molecular complexity index is 416. The van der Waals surface area contributed by atoms with E-state index in [1.54, 1.807) is 12.1 Å². The van der Waals surface area contributed by atoms with Crippen molar-refractivity contribution < 1.29 is 18.4 Å². The molecule has 78 valence electrons. The summed E-state index contributed by atoms with van der Waals surface area (Å²) in [5, 5.41) is 0.451. The second-order valence-electron chi connectivity index (χ2n) is 2.42. The molecule has 0 aliphatic heterocycles. The Balaban J connectivity index is 0.000000151. The van der Waals surface area contributed by atoms with Crippen molar-refractivity contribution in [1.29, 1.82) is 0 Å². The maximum Gasteiger partial charge on any atom is 0.185 e. The van der Waals surface area contributed by atoms with Gasteiger partial charge in [-0.05, 0) is 12.1 Å². The highest BCUT2D eigenvalue weighted by Crippen LogP contribution is 2.10. The summed E-state index contributed by atoms with van der Waals surface area (Å²) < 4.78 is 9.23. The Morgan fingerprint density at radius 2 is 1.87 bits per heavy atom. The van der Waals surface area contributed by atoms with Gasteiger partial charge in [-0.1, -0.05) is 11.6 Å². The molecule has 0 saturated heterocycles. The molecule has 0 spiro atoms. The number of halogens is 1. The van der Waals surface area contributed by atoms with E-state index in [-0.39, 0.29) is 5.76 Å². The summed E-state index contributed by atoms with van der Waals surface area (Å²) in [4.78, 5) is 19.6. The van der Waals surface area contributed by atoms with Gasteiger partial charge in [-0.3, -0.25) is 9.59 Å². The fraction of sp³-hybridized carbons (Fsp3) is 0. The van der Waals surface area contributed by atoms with Crippen LogP contribution in [0.5, 0.6) is 0 Å². The highest BCUT2D eigenvalue weighted by Gasteiger charge is 1.93. The predicted octanol–water partition coefficient (Wildman–Crippen LogP) is 2.84. The van der Waals surface area contributed by atoms with Gasteiger partial charge in [0, 0.05) is 6.07 Å². The van der Waals surface area contributed by atoms with E-state index < -0.39 is 0 Å². The molecule has 0 amide bonds. The Morgan fingerprint density at radius 3 is 2.13 bits per heavy atom. The molecule has 15 heavy (non-hydrogen) atoms. The van der Waals surface area contributed by atoms with E-state index in [0.29, 0.717) is 23.4 Å². The van der Waals surface area contributed by atoms with Crippen molar-refractivity contribution in [3.8, 4) is 0 Å². The van der Waals surface area contributed by atoms with Gasteiger partial charge in [-0.2, -0.15) is 0 Å². The minimum Gasteiger partial charge on any atom is -0.462 e. The summed E-state index contributed by atoms with van der Waals surface area (Å²) in [6, 6.07) is 4.73. The third-order valence-electron chi connectivity index (χ3n) is 1.36. The minimum atomic E-state index is 0.259. The molecule has 0 saturated carbocycles. The summed E-state index contributed by atoms with van der Waals surface area (Å²) in [7, 11) is 0. The van der Waals surface area contributed by atoms with Gasteiger partial charge in [-0.25, -0.2) is 0 Å². The molecule has 0 radical (unpaired) electrons. The lowest BCUT2D eigenvalue weighted by Crippen LogP contribution is -1.65. The quantitative estimate of drug-likeness (QED) is 0.739. The van der Waals surface area contributed by atoms with Crippen LogP contribution in [0.3, 0.4) is 0 Å². The normalized spacial score (nSPS) is 8.87. The molecule has 0 aliphatic carbocycles. The Labute approximate surface area is 90.4 Å². The SMILES string of the molecule is O=Cc1cc(Cl)co1.O=Cc1ccco1. The smallest absolute Gasteiger partial charge is 0.185 e. The predicted molar refractivity (Wildman–Crippen MR) is 53.2 cm³/mol. The van der Waals surface area contributed by atoms with Crippen molar-refractivity contribution in [2.75, 3.05) is 0 Å². The molecule has 0 atom stereocenters. The number of aldehydes is 2. The van der Waals surface area contributed by atoms with Gasteiger partial charge in [0.25, 0.3) is 0 Å². The van der Waals surface area contributed by atoms with E-state index in [4.69, 9.17) is 11.6 Å². The first-order chi connectivity index (χ1) is 7.26. The molecule has 4 nitrogen and oxygen atoms in total. The Kier molecular flexibility index (Phi) is 4.37. The lowest BCUT2D eigenvalue weighted by Gasteiger charge is -1.68. The lowest BCUT2D eigenvalue weighted by molar-refractivity contribution is 0.109. The van der Waals surface area contributed by atoms with E-state index in [0.717, 1.165) is 0 Å². The zero-order chi connectivity index (χ0) is 11.1. The van der Waals surface area contributed by atoms with Crippen LogP contribution in [0.1, 0.15) is 21.1 Å². The maximum absolute atomic E-state index is 9.87. The molecule has 2 rings (SSSR count). The van der Waals surface area contributed by atoms with Gasteiger partial charge in [0.15, 0.2) is 24.1 Å². The number of furan rings is 2. The fourth-order valence-electron chi connectivity index (χ4n) is 0.748. The molecule has 0 N–H and O–H groups in total. The van der Waals surface area contributed by atoms with Gasteiger partial charge in [0.1, 0.15) is 6.26 Å². The average molecular weight is 227 g/mol. The minimum absolute atomic E-state index is 0.259. The largest absolute Gasteiger partial charge is 0.462 e. The topological polar surface area (TPSA) is 60.4 Å². The first kappa shape index (κ1) is 11.3. The van der Waals surface area contributed by atoms with E-state index in [2.05, 4.69) is 8.83 Å². The third-order valence-corrected chi connectivity index (χ3v) is 1.56. The van der Waals surface area contributed by atoms with Crippen molar-refractivity contribution >= 4 is 24.2 Å². The molecular weight excluding hydrogens is 220 g/mol. The molecule has 2 aromatic rings. The molecule has 0 unspecified atom stereocenters. The number of carbonyl (C=O) groups excluding carboxylic acids is 2. The zero-order valence-electron chi connectivity index (χ0n) is 7.55. The first-order valence-electron chi connectivity index (χ1n) is 3.94. The number of hydrogen-bond acceptors (Lipinski definition) is 4. The van der Waals surface area contributed by atoms with E-state index in [1.807, 2.05) is 0 Å². The van der Waals surface area contributed by atoms with Crippen molar-refractivity contribution in [1.82, 2.24) is 0 Å². The van der Waals surface area contributed by atoms with Crippen LogP contribution in [0.2, 0.25) is 5.02 Å². The van der Waals surface area contributed by atoms with E-state index in [1.165, 1.54) is 18.6 Å². The Morgan fingerprint density at radius 1 is 1.13 bits per heavy atom. The lowest BCUT2D eigenvalue weighted by atomic mass is 10.5. The standard InChI is InChI=1S/C5H3ClO2.C5H4O2/c6-4-1-5(2-7)8-3-4;6-4-5-2-1-3-7-5/h1-3H;1-4H. The van der Waals surface area contributed by atoms with Gasteiger partial charge < -0.3 is 8.83 Å². The summed E-state index contributed by atoms with van der Waals surface area (Å²) in [6.07, 6.45) is 4.04. The van der Waals surface area contributed by atoms with Crippen LogP contribution in [0.15, 0.2) is 39.6 Å². The van der Waals surface area contributed by atoms with E-state index in [9.17, 15) is 9.59 Å². The van der Waals surface area contributed by atoms with Crippen LogP contribution in [-0.4, -0.2) is 12.6 Å². The highest BCUT2D eigenvalue weighted by atomic mass is 35.5. The number of carbonyl (C=O) groups is 2. The van der Waals surface area contributed by atoms with Crippen molar-refractivity contribution in [3.05, 3.63) is 47.3 Å². The highest BCUT2D eigenvalue weighted by molar-refractivity contribution is 6.30. The van der Waals surface area contributed by atoms with Crippen LogP contribution < -0.4 is 0 Å². The monoisotopic (exact) mass is 226 g/mol. The van der Waals surface area contributed by atoms with Crippen molar-refractivity contribution in [2.45, 2.75) is 0 Å². The third kappa shape index (κ3) is 3.83. The van der Waals surface area contributed by atoms with Crippen LogP contribution >= 0.6 is 11.6 Å². The second kappa shape index (κ2) is 5.82. The zero-order valence-corrected chi connectivity index (χ0v) is 8.31. The molecule has 0 bridgehead atoms. The number of hydrogen-bond donors (Lipinski definition) is 0. The molecule has 2 aromatic heterocycles. The molecule has 0 fully saturated rings. The van der Waals surface area contributed by atoms with Crippen molar-refractivity contribution in [3.63, 3.8) is 0 Å². The fourth-order valence-corrected chi connectivity index (χ4v) is 0.900. The average Bonchev–Trinajstić information content (AvgIpc) is 2.88. The molecule has 2 heterocycles. The van der Waals surface area contributed by atoms with Gasteiger partial charge in [-0.15, -0.1) is 0 Å². The first-order valence-corrected chi connectivity index (χ1v) is 4.32. The van der Waals surface area contributed by atoms with Gasteiger partial charge in [0.2, 0.25) is 0 Å². The summed E-state index contributed by atoms with van der Waals surface area (Å²) >= 11 is 5.39. The number of rotatable bonds is 2. The molecule has 0 aromatic carbocycles. The molecular formula is C10H7ClO4.